The molecule has 1 fully saturated rings. The first-order valence-electron chi connectivity index (χ1n) is 6.55. The highest BCUT2D eigenvalue weighted by molar-refractivity contribution is 5.11. The number of nitriles is 1. The van der Waals surface area contributed by atoms with Crippen molar-refractivity contribution in [3.63, 3.8) is 0 Å². The third-order valence-electron chi connectivity index (χ3n) is 3.74. The van der Waals surface area contributed by atoms with Gasteiger partial charge in [0.2, 0.25) is 0 Å². The molecule has 1 rings (SSSR count). The average Bonchev–Trinajstić information content (AvgIpc) is 2.21. The Bertz CT molecular complexity index is 331. The van der Waals surface area contributed by atoms with Gasteiger partial charge in [-0.3, -0.25) is 4.90 Å². The molecular formula is C14H26N2O2. The quantitative estimate of drug-likeness (QED) is 0.726. The first-order valence-corrected chi connectivity index (χ1v) is 6.55. The highest BCUT2D eigenvalue weighted by atomic mass is 16.5. The SMILES string of the molecule is COC1CC(C)(C)N(C#N)C(C)(C)C1OC(C)C. The highest BCUT2D eigenvalue weighted by Gasteiger charge is 2.53. The van der Waals surface area contributed by atoms with Gasteiger partial charge in [-0.05, 0) is 48.0 Å². The van der Waals surface area contributed by atoms with Crippen LogP contribution in [0.2, 0.25) is 0 Å². The summed E-state index contributed by atoms with van der Waals surface area (Å²) in [5.74, 6) is 0. The van der Waals surface area contributed by atoms with Crippen LogP contribution in [0.5, 0.6) is 0 Å². The van der Waals surface area contributed by atoms with E-state index in [1.165, 1.54) is 0 Å². The summed E-state index contributed by atoms with van der Waals surface area (Å²) in [7, 11) is 1.72. The normalized spacial score (nSPS) is 30.3. The Morgan fingerprint density at radius 2 is 1.83 bits per heavy atom. The van der Waals surface area contributed by atoms with E-state index < -0.39 is 0 Å². The van der Waals surface area contributed by atoms with Gasteiger partial charge in [0.1, 0.15) is 6.10 Å². The number of ether oxygens (including phenoxy) is 2. The highest BCUT2D eigenvalue weighted by Crippen LogP contribution is 2.40. The molecule has 104 valence electrons. The Balaban J connectivity index is 3.12. The molecule has 0 N–H and O–H groups in total. The molecule has 0 aliphatic carbocycles. The van der Waals surface area contributed by atoms with Crippen LogP contribution < -0.4 is 0 Å². The lowest BCUT2D eigenvalue weighted by Gasteiger charge is -2.56. The van der Waals surface area contributed by atoms with E-state index in [1.807, 2.05) is 18.7 Å². The minimum Gasteiger partial charge on any atom is -0.379 e. The van der Waals surface area contributed by atoms with E-state index in [4.69, 9.17) is 9.47 Å². The number of piperidine rings is 1. The second-order valence-corrected chi connectivity index (χ2v) is 6.49. The lowest BCUT2D eigenvalue weighted by molar-refractivity contribution is -0.186. The third-order valence-corrected chi connectivity index (χ3v) is 3.74. The van der Waals surface area contributed by atoms with Gasteiger partial charge in [0.25, 0.3) is 0 Å². The van der Waals surface area contributed by atoms with E-state index in [0.717, 1.165) is 6.42 Å². The molecule has 0 aromatic rings. The molecule has 2 unspecified atom stereocenters. The van der Waals surface area contributed by atoms with Gasteiger partial charge in [-0.1, -0.05) is 0 Å². The topological polar surface area (TPSA) is 45.5 Å². The van der Waals surface area contributed by atoms with Crippen LogP contribution in [0.15, 0.2) is 0 Å². The second kappa shape index (κ2) is 5.07. The molecule has 1 aliphatic heterocycles. The zero-order valence-corrected chi connectivity index (χ0v) is 12.7. The van der Waals surface area contributed by atoms with Crippen LogP contribution in [-0.2, 0) is 9.47 Å². The van der Waals surface area contributed by atoms with Crippen LogP contribution in [0.25, 0.3) is 0 Å². The lowest BCUT2D eigenvalue weighted by atomic mass is 9.76. The van der Waals surface area contributed by atoms with E-state index in [1.54, 1.807) is 7.11 Å². The van der Waals surface area contributed by atoms with Crippen molar-refractivity contribution < 1.29 is 9.47 Å². The van der Waals surface area contributed by atoms with Gasteiger partial charge in [-0.2, -0.15) is 5.26 Å². The van der Waals surface area contributed by atoms with Crippen molar-refractivity contribution in [3.05, 3.63) is 0 Å². The van der Waals surface area contributed by atoms with Crippen LogP contribution in [0.1, 0.15) is 48.0 Å². The molecule has 1 aliphatic rings. The first kappa shape index (κ1) is 15.3. The summed E-state index contributed by atoms with van der Waals surface area (Å²) in [6, 6.07) is 0. The van der Waals surface area contributed by atoms with E-state index in [-0.39, 0.29) is 29.4 Å². The van der Waals surface area contributed by atoms with Crippen molar-refractivity contribution in [1.82, 2.24) is 4.90 Å². The zero-order chi connectivity index (χ0) is 14.1. The third kappa shape index (κ3) is 2.62. The van der Waals surface area contributed by atoms with Crippen molar-refractivity contribution in [3.8, 4) is 6.19 Å². The Labute approximate surface area is 111 Å². The predicted octanol–water partition coefficient (Wildman–Crippen LogP) is 2.54. The molecule has 2 atom stereocenters. The van der Waals surface area contributed by atoms with E-state index >= 15 is 0 Å². The molecule has 18 heavy (non-hydrogen) atoms. The molecule has 1 saturated heterocycles. The molecule has 0 aromatic heterocycles. The lowest BCUT2D eigenvalue weighted by Crippen LogP contribution is -2.68. The van der Waals surface area contributed by atoms with Gasteiger partial charge >= 0.3 is 0 Å². The maximum atomic E-state index is 9.45. The summed E-state index contributed by atoms with van der Waals surface area (Å²) in [6.45, 7) is 12.3. The van der Waals surface area contributed by atoms with Gasteiger partial charge in [0.05, 0.1) is 17.7 Å². The number of rotatable bonds is 3. The summed E-state index contributed by atoms with van der Waals surface area (Å²) >= 11 is 0. The minimum absolute atomic E-state index is 0.0157. The van der Waals surface area contributed by atoms with Gasteiger partial charge in [0.15, 0.2) is 6.19 Å². The van der Waals surface area contributed by atoms with E-state index in [9.17, 15) is 5.26 Å². The van der Waals surface area contributed by atoms with Crippen molar-refractivity contribution in [2.24, 2.45) is 0 Å². The van der Waals surface area contributed by atoms with Crippen molar-refractivity contribution in [2.45, 2.75) is 77.4 Å². The van der Waals surface area contributed by atoms with Gasteiger partial charge in [-0.25, -0.2) is 0 Å². The largest absolute Gasteiger partial charge is 0.379 e. The number of methoxy groups -OCH3 is 1. The summed E-state index contributed by atoms with van der Waals surface area (Å²) in [5, 5.41) is 9.45. The average molecular weight is 254 g/mol. The van der Waals surface area contributed by atoms with Crippen LogP contribution in [0.4, 0.5) is 0 Å². The zero-order valence-electron chi connectivity index (χ0n) is 12.7. The molecule has 1 heterocycles. The molecule has 0 amide bonds. The first-order chi connectivity index (χ1) is 8.16. The monoisotopic (exact) mass is 254 g/mol. The van der Waals surface area contributed by atoms with Crippen molar-refractivity contribution >= 4 is 0 Å². The number of hydrogen-bond acceptors (Lipinski definition) is 4. The second-order valence-electron chi connectivity index (χ2n) is 6.49. The molecule has 4 heteroatoms. The van der Waals surface area contributed by atoms with Gasteiger partial charge < -0.3 is 9.47 Å². The Morgan fingerprint density at radius 3 is 2.22 bits per heavy atom. The molecule has 4 nitrogen and oxygen atoms in total. The Morgan fingerprint density at radius 1 is 1.28 bits per heavy atom. The summed E-state index contributed by atoms with van der Waals surface area (Å²) in [5.41, 5.74) is -0.586. The fraction of sp³-hybridized carbons (Fsp3) is 0.929. The Hall–Kier alpha value is -0.790. The maximum absolute atomic E-state index is 9.45. The van der Waals surface area contributed by atoms with Gasteiger partial charge in [-0.15, -0.1) is 0 Å². The minimum atomic E-state index is -0.374. The predicted molar refractivity (Wildman–Crippen MR) is 71.0 cm³/mol. The van der Waals surface area contributed by atoms with Crippen LogP contribution >= 0.6 is 0 Å². The molecule has 0 spiro atoms. The smallest absolute Gasteiger partial charge is 0.180 e. The van der Waals surface area contributed by atoms with Crippen LogP contribution in [0.3, 0.4) is 0 Å². The number of likely N-dealkylation sites (tertiary alicyclic amines) is 1. The molecular weight excluding hydrogens is 228 g/mol. The summed E-state index contributed by atoms with van der Waals surface area (Å²) in [4.78, 5) is 1.85. The molecule has 0 radical (unpaired) electrons. The molecule has 0 bridgehead atoms. The number of nitrogens with zero attached hydrogens (tertiary/aromatic N) is 2. The fourth-order valence-corrected chi connectivity index (χ4v) is 3.07. The molecule has 0 aromatic carbocycles. The Kier molecular flexibility index (Phi) is 4.30. The maximum Gasteiger partial charge on any atom is 0.180 e. The van der Waals surface area contributed by atoms with Crippen molar-refractivity contribution in [1.29, 1.82) is 5.26 Å². The van der Waals surface area contributed by atoms with Crippen LogP contribution in [-0.4, -0.2) is 41.4 Å². The standard InChI is InChI=1S/C14H26N2O2/c1-10(2)18-12-11(17-7)8-13(3,4)16(9-15)14(12,5)6/h10-12H,8H2,1-7H3. The van der Waals surface area contributed by atoms with E-state index in [2.05, 4.69) is 33.9 Å². The molecule has 0 saturated carbocycles. The van der Waals surface area contributed by atoms with Crippen LogP contribution in [0, 0.1) is 11.5 Å². The number of hydrogen-bond donors (Lipinski definition) is 0. The van der Waals surface area contributed by atoms with Gasteiger partial charge in [0, 0.05) is 12.6 Å². The van der Waals surface area contributed by atoms with Crippen molar-refractivity contribution in [2.75, 3.05) is 7.11 Å². The summed E-state index contributed by atoms with van der Waals surface area (Å²) < 4.78 is 11.6. The van der Waals surface area contributed by atoms with E-state index in [0.29, 0.717) is 0 Å². The fourth-order valence-electron chi connectivity index (χ4n) is 3.07. The summed E-state index contributed by atoms with van der Waals surface area (Å²) in [6.07, 6.45) is 3.15.